The molecule has 2 atom stereocenters. The van der Waals surface area contributed by atoms with Crippen molar-refractivity contribution in [3.05, 3.63) is 0 Å². The standard InChI is InChI=1S/C23H50N2O/c1-5-6-7-8-9-10-11-12-13-14-15-16-18-22(2)23(26)21-25(4)20-17-19-24-3/h22-24,26H,5-21H2,1-4H3. The van der Waals surface area contributed by atoms with E-state index in [1.165, 1.54) is 83.5 Å². The number of hydrogen-bond donors (Lipinski definition) is 2. The number of rotatable bonds is 20. The lowest BCUT2D eigenvalue weighted by Gasteiger charge is -2.24. The zero-order valence-corrected chi connectivity index (χ0v) is 18.6. The van der Waals surface area contributed by atoms with E-state index in [0.717, 1.165) is 26.1 Å². The van der Waals surface area contributed by atoms with Crippen molar-refractivity contribution >= 4 is 0 Å². The molecule has 0 rings (SSSR count). The molecule has 3 nitrogen and oxygen atoms in total. The van der Waals surface area contributed by atoms with E-state index in [2.05, 4.69) is 31.1 Å². The maximum Gasteiger partial charge on any atom is 0.0692 e. The van der Waals surface area contributed by atoms with E-state index in [1.807, 2.05) is 7.05 Å². The van der Waals surface area contributed by atoms with Crippen molar-refractivity contribution < 1.29 is 5.11 Å². The van der Waals surface area contributed by atoms with Gasteiger partial charge in [0.15, 0.2) is 0 Å². The van der Waals surface area contributed by atoms with E-state index in [-0.39, 0.29) is 6.10 Å². The predicted octanol–water partition coefficient (Wildman–Crippen LogP) is 5.62. The molecule has 0 aromatic heterocycles. The Morgan fingerprint density at radius 1 is 0.808 bits per heavy atom. The van der Waals surface area contributed by atoms with Gasteiger partial charge in [-0.25, -0.2) is 0 Å². The third-order valence-corrected chi connectivity index (χ3v) is 5.64. The van der Waals surface area contributed by atoms with Crippen molar-refractivity contribution in [1.29, 1.82) is 0 Å². The van der Waals surface area contributed by atoms with Crippen LogP contribution in [0.2, 0.25) is 0 Å². The lowest BCUT2D eigenvalue weighted by molar-refractivity contribution is 0.0742. The molecule has 0 radical (unpaired) electrons. The Morgan fingerprint density at radius 3 is 1.81 bits per heavy atom. The first-order valence-electron chi connectivity index (χ1n) is 11.6. The SMILES string of the molecule is CCCCCCCCCCCCCCC(C)C(O)CN(C)CCCNC. The first-order valence-corrected chi connectivity index (χ1v) is 11.6. The van der Waals surface area contributed by atoms with Gasteiger partial charge in [-0.05, 0) is 45.9 Å². The Balaban J connectivity index is 3.40. The zero-order valence-electron chi connectivity index (χ0n) is 18.6. The molecule has 0 aliphatic rings. The van der Waals surface area contributed by atoms with Gasteiger partial charge in [0, 0.05) is 6.54 Å². The highest BCUT2D eigenvalue weighted by Gasteiger charge is 2.15. The van der Waals surface area contributed by atoms with E-state index >= 15 is 0 Å². The Kier molecular flexibility index (Phi) is 19.5. The second-order valence-corrected chi connectivity index (χ2v) is 8.44. The van der Waals surface area contributed by atoms with Gasteiger partial charge in [0.1, 0.15) is 0 Å². The van der Waals surface area contributed by atoms with Crippen LogP contribution in [-0.4, -0.2) is 49.8 Å². The fraction of sp³-hybridized carbons (Fsp3) is 1.00. The molecule has 2 N–H and O–H groups in total. The van der Waals surface area contributed by atoms with Gasteiger partial charge < -0.3 is 15.3 Å². The van der Waals surface area contributed by atoms with Crippen LogP contribution in [0.5, 0.6) is 0 Å². The van der Waals surface area contributed by atoms with Gasteiger partial charge in [-0.1, -0.05) is 90.9 Å². The van der Waals surface area contributed by atoms with Crippen LogP contribution in [0, 0.1) is 5.92 Å². The molecule has 0 spiro atoms. The Labute approximate surface area is 165 Å². The van der Waals surface area contributed by atoms with Crippen LogP contribution in [0.4, 0.5) is 0 Å². The van der Waals surface area contributed by atoms with Crippen molar-refractivity contribution in [2.75, 3.05) is 33.7 Å². The van der Waals surface area contributed by atoms with Crippen LogP contribution in [-0.2, 0) is 0 Å². The van der Waals surface area contributed by atoms with E-state index in [4.69, 9.17) is 0 Å². The third kappa shape index (κ3) is 17.3. The van der Waals surface area contributed by atoms with Crippen molar-refractivity contribution in [2.24, 2.45) is 5.92 Å². The average Bonchev–Trinajstić information content (AvgIpc) is 2.62. The Hall–Kier alpha value is -0.120. The molecule has 0 aromatic rings. The zero-order chi connectivity index (χ0) is 19.5. The van der Waals surface area contributed by atoms with Crippen molar-refractivity contribution in [3.8, 4) is 0 Å². The van der Waals surface area contributed by atoms with Crippen LogP contribution < -0.4 is 5.32 Å². The maximum atomic E-state index is 10.4. The average molecular weight is 371 g/mol. The number of unbranched alkanes of at least 4 members (excludes halogenated alkanes) is 11. The molecule has 158 valence electrons. The molecule has 0 fully saturated rings. The van der Waals surface area contributed by atoms with E-state index in [0.29, 0.717) is 5.92 Å². The second kappa shape index (κ2) is 19.6. The van der Waals surface area contributed by atoms with Crippen LogP contribution in [0.3, 0.4) is 0 Å². The van der Waals surface area contributed by atoms with Gasteiger partial charge in [-0.3, -0.25) is 0 Å². The summed E-state index contributed by atoms with van der Waals surface area (Å²) in [5.41, 5.74) is 0. The minimum absolute atomic E-state index is 0.178. The maximum absolute atomic E-state index is 10.4. The number of nitrogens with one attached hydrogen (secondary N) is 1. The summed E-state index contributed by atoms with van der Waals surface area (Å²) in [7, 11) is 4.11. The summed E-state index contributed by atoms with van der Waals surface area (Å²) < 4.78 is 0. The molecule has 0 bridgehead atoms. The fourth-order valence-corrected chi connectivity index (χ4v) is 3.62. The number of hydrogen-bond acceptors (Lipinski definition) is 3. The summed E-state index contributed by atoms with van der Waals surface area (Å²) in [5, 5.41) is 13.5. The molecular weight excluding hydrogens is 320 g/mol. The van der Waals surface area contributed by atoms with Gasteiger partial charge >= 0.3 is 0 Å². The molecule has 0 aromatic carbocycles. The monoisotopic (exact) mass is 370 g/mol. The highest BCUT2D eigenvalue weighted by atomic mass is 16.3. The lowest BCUT2D eigenvalue weighted by Crippen LogP contribution is -2.34. The molecule has 3 heteroatoms. The first kappa shape index (κ1) is 25.9. The van der Waals surface area contributed by atoms with Crippen LogP contribution in [0.25, 0.3) is 0 Å². The van der Waals surface area contributed by atoms with Crippen molar-refractivity contribution in [1.82, 2.24) is 10.2 Å². The van der Waals surface area contributed by atoms with Crippen molar-refractivity contribution in [2.45, 2.75) is 110 Å². The quantitative estimate of drug-likeness (QED) is 0.273. The molecule has 0 heterocycles. The summed E-state index contributed by atoms with van der Waals surface area (Å²) in [5.74, 6) is 0.421. The Morgan fingerprint density at radius 2 is 1.31 bits per heavy atom. The van der Waals surface area contributed by atoms with Crippen LogP contribution >= 0.6 is 0 Å². The second-order valence-electron chi connectivity index (χ2n) is 8.44. The highest BCUT2D eigenvalue weighted by Crippen LogP contribution is 2.16. The van der Waals surface area contributed by atoms with Gasteiger partial charge in [-0.15, -0.1) is 0 Å². The lowest BCUT2D eigenvalue weighted by atomic mass is 9.96. The number of nitrogens with zero attached hydrogens (tertiary/aromatic N) is 1. The first-order chi connectivity index (χ1) is 12.6. The smallest absolute Gasteiger partial charge is 0.0692 e. The minimum atomic E-state index is -0.178. The van der Waals surface area contributed by atoms with E-state index in [9.17, 15) is 5.11 Å². The van der Waals surface area contributed by atoms with E-state index in [1.54, 1.807) is 0 Å². The largest absolute Gasteiger partial charge is 0.392 e. The molecule has 0 saturated heterocycles. The summed E-state index contributed by atoms with van der Waals surface area (Å²) in [6.45, 7) is 7.41. The molecular formula is C23H50N2O. The normalized spacial score (nSPS) is 14.1. The van der Waals surface area contributed by atoms with Crippen LogP contribution in [0.15, 0.2) is 0 Å². The molecule has 0 aliphatic heterocycles. The number of aliphatic hydroxyl groups excluding tert-OH is 1. The van der Waals surface area contributed by atoms with Crippen molar-refractivity contribution in [3.63, 3.8) is 0 Å². The molecule has 0 amide bonds. The summed E-state index contributed by atoms with van der Waals surface area (Å²) in [6, 6.07) is 0. The molecule has 26 heavy (non-hydrogen) atoms. The number of aliphatic hydroxyl groups is 1. The predicted molar refractivity (Wildman–Crippen MR) is 117 cm³/mol. The van der Waals surface area contributed by atoms with Gasteiger partial charge in [0.05, 0.1) is 6.10 Å². The van der Waals surface area contributed by atoms with E-state index < -0.39 is 0 Å². The Bertz CT molecular complexity index is 273. The van der Waals surface area contributed by atoms with Gasteiger partial charge in [0.2, 0.25) is 0 Å². The summed E-state index contributed by atoms with van der Waals surface area (Å²) in [6.07, 6.45) is 18.9. The van der Waals surface area contributed by atoms with Gasteiger partial charge in [-0.2, -0.15) is 0 Å². The fourth-order valence-electron chi connectivity index (χ4n) is 3.62. The van der Waals surface area contributed by atoms with Crippen LogP contribution in [0.1, 0.15) is 104 Å². The third-order valence-electron chi connectivity index (χ3n) is 5.64. The molecule has 2 unspecified atom stereocenters. The number of likely N-dealkylation sites (N-methyl/N-ethyl adjacent to an activating group) is 1. The summed E-state index contributed by atoms with van der Waals surface area (Å²) >= 11 is 0. The topological polar surface area (TPSA) is 35.5 Å². The molecule has 0 aliphatic carbocycles. The summed E-state index contributed by atoms with van der Waals surface area (Å²) in [4.78, 5) is 2.26. The highest BCUT2D eigenvalue weighted by molar-refractivity contribution is 4.69. The van der Waals surface area contributed by atoms with Gasteiger partial charge in [0.25, 0.3) is 0 Å². The molecule has 0 saturated carbocycles. The minimum Gasteiger partial charge on any atom is -0.392 e.